The molecule has 0 bridgehead atoms. The molecule has 60 heavy (non-hydrogen) atoms. The second-order valence-electron chi connectivity index (χ2n) is 16.4. The first-order valence-electron chi connectivity index (χ1n) is 20.9. The highest BCUT2D eigenvalue weighted by Gasteiger charge is 2.51. The van der Waals surface area contributed by atoms with Crippen molar-refractivity contribution in [2.24, 2.45) is 0 Å². The molecule has 1 nitrogen and oxygen atoms in total. The molecule has 1 spiro atoms. The minimum Gasteiger partial charge on any atom is -0.310 e. The Morgan fingerprint density at radius 2 is 0.750 bits per heavy atom. The third-order valence-corrected chi connectivity index (χ3v) is 13.4. The molecule has 0 radical (unpaired) electrons. The van der Waals surface area contributed by atoms with Gasteiger partial charge in [0.25, 0.3) is 0 Å². The summed E-state index contributed by atoms with van der Waals surface area (Å²) in [5.74, 6) is 0. The summed E-state index contributed by atoms with van der Waals surface area (Å²) in [6.07, 6.45) is 0. The van der Waals surface area contributed by atoms with Crippen LogP contribution >= 0.6 is 0 Å². The van der Waals surface area contributed by atoms with Crippen LogP contribution in [0.5, 0.6) is 0 Å². The summed E-state index contributed by atoms with van der Waals surface area (Å²) in [7, 11) is 0. The van der Waals surface area contributed by atoms with E-state index < -0.39 is 5.41 Å². The number of hydrogen-bond acceptors (Lipinski definition) is 1. The van der Waals surface area contributed by atoms with Crippen LogP contribution in [0.25, 0.3) is 76.5 Å². The van der Waals surface area contributed by atoms with Gasteiger partial charge in [-0.2, -0.15) is 0 Å². The topological polar surface area (TPSA) is 3.24 Å². The van der Waals surface area contributed by atoms with Crippen molar-refractivity contribution in [2.45, 2.75) is 5.41 Å². The highest BCUT2D eigenvalue weighted by atomic mass is 15.1. The Morgan fingerprint density at radius 1 is 0.283 bits per heavy atom. The molecule has 0 unspecified atom stereocenters. The third-order valence-electron chi connectivity index (χ3n) is 13.4. The Kier molecular flexibility index (Phi) is 7.00. The van der Waals surface area contributed by atoms with Crippen LogP contribution in [0.1, 0.15) is 22.3 Å². The van der Waals surface area contributed by atoms with Gasteiger partial charge in [-0.1, -0.05) is 188 Å². The number of rotatable bonds is 4. The summed E-state index contributed by atoms with van der Waals surface area (Å²) >= 11 is 0. The number of hydrogen-bond donors (Lipinski definition) is 0. The third kappa shape index (κ3) is 4.52. The summed E-state index contributed by atoms with van der Waals surface area (Å²) in [6.45, 7) is 0. The summed E-state index contributed by atoms with van der Waals surface area (Å²) in [4.78, 5) is 2.51. The van der Waals surface area contributed by atoms with E-state index in [1.807, 2.05) is 0 Å². The Bertz CT molecular complexity index is 3450. The summed E-state index contributed by atoms with van der Waals surface area (Å²) < 4.78 is 0. The molecule has 11 aromatic rings. The molecule has 0 fully saturated rings. The van der Waals surface area contributed by atoms with Gasteiger partial charge in [0.15, 0.2) is 0 Å². The maximum Gasteiger partial charge on any atom is 0.0726 e. The molecule has 0 atom stereocenters. The highest BCUT2D eigenvalue weighted by molar-refractivity contribution is 6.28. The zero-order valence-electron chi connectivity index (χ0n) is 32.8. The normalized spacial score (nSPS) is 13.1. The van der Waals surface area contributed by atoms with Gasteiger partial charge in [-0.3, -0.25) is 0 Å². The molecule has 13 rings (SSSR count). The Labute approximate surface area is 349 Å². The molecule has 2 aliphatic rings. The van der Waals surface area contributed by atoms with E-state index in [-0.39, 0.29) is 0 Å². The first kappa shape index (κ1) is 33.3. The lowest BCUT2D eigenvalue weighted by Gasteiger charge is -2.32. The van der Waals surface area contributed by atoms with Crippen molar-refractivity contribution in [2.75, 3.05) is 4.90 Å². The van der Waals surface area contributed by atoms with Gasteiger partial charge in [-0.05, 0) is 130 Å². The zero-order valence-corrected chi connectivity index (χ0v) is 32.8. The molecular formula is C59H37N. The molecule has 0 aromatic heterocycles. The van der Waals surface area contributed by atoms with Gasteiger partial charge < -0.3 is 4.90 Å². The number of nitrogens with zero attached hydrogens (tertiary/aromatic N) is 1. The molecule has 0 saturated heterocycles. The van der Waals surface area contributed by atoms with Crippen molar-refractivity contribution < 1.29 is 0 Å². The molecule has 11 aromatic carbocycles. The van der Waals surface area contributed by atoms with Crippen LogP contribution < -0.4 is 4.90 Å². The van der Waals surface area contributed by atoms with Crippen LogP contribution in [0.2, 0.25) is 0 Å². The van der Waals surface area contributed by atoms with Crippen LogP contribution in [-0.2, 0) is 5.41 Å². The van der Waals surface area contributed by atoms with Gasteiger partial charge in [0, 0.05) is 16.8 Å². The fourth-order valence-electron chi connectivity index (χ4n) is 10.9. The smallest absolute Gasteiger partial charge is 0.0726 e. The van der Waals surface area contributed by atoms with E-state index in [2.05, 4.69) is 229 Å². The lowest BCUT2D eigenvalue weighted by atomic mass is 9.70. The van der Waals surface area contributed by atoms with Gasteiger partial charge in [0.1, 0.15) is 0 Å². The fourth-order valence-corrected chi connectivity index (χ4v) is 10.9. The average molecular weight is 760 g/mol. The average Bonchev–Trinajstić information content (AvgIpc) is 3.79. The molecule has 1 heteroatoms. The van der Waals surface area contributed by atoms with E-state index in [0.29, 0.717) is 0 Å². The first-order chi connectivity index (χ1) is 29.8. The van der Waals surface area contributed by atoms with Gasteiger partial charge >= 0.3 is 0 Å². The van der Waals surface area contributed by atoms with E-state index in [4.69, 9.17) is 0 Å². The maximum atomic E-state index is 2.51. The van der Waals surface area contributed by atoms with E-state index in [1.54, 1.807) is 0 Å². The zero-order chi connectivity index (χ0) is 39.4. The minimum absolute atomic E-state index is 0.442. The van der Waals surface area contributed by atoms with Gasteiger partial charge in [-0.25, -0.2) is 0 Å². The molecule has 2 aliphatic carbocycles. The van der Waals surface area contributed by atoms with Gasteiger partial charge in [0.05, 0.1) is 11.1 Å². The fraction of sp³-hybridized carbons (Fsp3) is 0.0169. The summed E-state index contributed by atoms with van der Waals surface area (Å²) in [6, 6.07) is 83.7. The molecule has 278 valence electrons. The van der Waals surface area contributed by atoms with E-state index in [0.717, 1.165) is 17.1 Å². The second kappa shape index (κ2) is 12.6. The van der Waals surface area contributed by atoms with Crippen LogP contribution in [0.15, 0.2) is 224 Å². The molecule has 0 aliphatic heterocycles. The maximum absolute atomic E-state index is 2.51. The van der Waals surface area contributed by atoms with Crippen molar-refractivity contribution in [1.82, 2.24) is 0 Å². The number of benzene rings is 11. The van der Waals surface area contributed by atoms with Crippen LogP contribution in [0.4, 0.5) is 17.1 Å². The van der Waals surface area contributed by atoms with Crippen molar-refractivity contribution in [3.8, 4) is 33.4 Å². The SMILES string of the molecule is c1ccc2c(c1)-c1ccccc1C21c2ccccc2-c2ccc(N(c3ccc(-c4ccc5ccccc5c4)cc3)c3cccc4c5ccccc5c5ccccc5c34)cc21. The quantitative estimate of drug-likeness (QED) is 0.162. The van der Waals surface area contributed by atoms with Crippen LogP contribution in [0.3, 0.4) is 0 Å². The van der Waals surface area contributed by atoms with Gasteiger partial charge in [0.2, 0.25) is 0 Å². The lowest BCUT2D eigenvalue weighted by molar-refractivity contribution is 0.793. The van der Waals surface area contributed by atoms with Gasteiger partial charge in [-0.15, -0.1) is 0 Å². The lowest BCUT2D eigenvalue weighted by Crippen LogP contribution is -2.26. The van der Waals surface area contributed by atoms with Crippen molar-refractivity contribution >= 4 is 60.2 Å². The molecular weight excluding hydrogens is 723 g/mol. The van der Waals surface area contributed by atoms with Crippen LogP contribution in [-0.4, -0.2) is 0 Å². The standard InChI is InChI=1S/C59H37N/c1-2-15-40-36-41(29-28-38(40)14-1)39-30-32-42(33-31-39)60(57-27-13-23-52-46-17-4-3-16-44(46)45-18-5-6-22-51(45)58(52)57)43-34-35-50-49-21-9-12-26-55(49)59(56(50)37-43)53-24-10-7-19-47(53)48-20-8-11-25-54(48)59/h1-37H. The monoisotopic (exact) mass is 759 g/mol. The predicted molar refractivity (Wildman–Crippen MR) is 253 cm³/mol. The Hall–Kier alpha value is -7.74. The first-order valence-corrected chi connectivity index (χ1v) is 20.9. The second-order valence-corrected chi connectivity index (χ2v) is 16.4. The van der Waals surface area contributed by atoms with Crippen molar-refractivity contribution in [3.05, 3.63) is 247 Å². The Balaban J connectivity index is 1.09. The van der Waals surface area contributed by atoms with E-state index in [1.165, 1.54) is 98.7 Å². The predicted octanol–water partition coefficient (Wildman–Crippen LogP) is 15.8. The molecule has 0 heterocycles. The largest absolute Gasteiger partial charge is 0.310 e. The van der Waals surface area contributed by atoms with Crippen LogP contribution in [0, 0.1) is 0 Å². The summed E-state index contributed by atoms with van der Waals surface area (Å²) in [5.41, 5.74) is 16.0. The van der Waals surface area contributed by atoms with E-state index >= 15 is 0 Å². The van der Waals surface area contributed by atoms with E-state index in [9.17, 15) is 0 Å². The molecule has 0 amide bonds. The Morgan fingerprint density at radius 3 is 1.38 bits per heavy atom. The highest BCUT2D eigenvalue weighted by Crippen LogP contribution is 2.63. The molecule has 0 N–H and O–H groups in total. The van der Waals surface area contributed by atoms with Crippen molar-refractivity contribution in [1.29, 1.82) is 0 Å². The van der Waals surface area contributed by atoms with Crippen molar-refractivity contribution in [3.63, 3.8) is 0 Å². The minimum atomic E-state index is -0.442. The number of fused-ring (bicyclic) bond motifs is 17. The summed E-state index contributed by atoms with van der Waals surface area (Å²) in [5, 5.41) is 10.1. The number of anilines is 3. The molecule has 0 saturated carbocycles.